The first-order chi connectivity index (χ1) is 8.45. The van der Waals surface area contributed by atoms with E-state index in [2.05, 4.69) is 20.9 Å². The van der Waals surface area contributed by atoms with Crippen LogP contribution in [0.4, 0.5) is 0 Å². The number of halogens is 4. The van der Waals surface area contributed by atoms with E-state index in [1.165, 1.54) is 0 Å². The normalized spacial score (nSPS) is 12.4. The summed E-state index contributed by atoms with van der Waals surface area (Å²) in [6.45, 7) is 0. The van der Waals surface area contributed by atoms with Crippen molar-refractivity contribution >= 4 is 67.3 Å². The Kier molecular flexibility index (Phi) is 2.98. The summed E-state index contributed by atoms with van der Waals surface area (Å²) in [5, 5.41) is 1.09. The molecule has 2 aromatic heterocycles. The summed E-state index contributed by atoms with van der Waals surface area (Å²) < 4.78 is 1.47. The van der Waals surface area contributed by atoms with Crippen LogP contribution in [0.25, 0.3) is 16.6 Å². The predicted octanol–water partition coefficient (Wildman–Crippen LogP) is 5.08. The van der Waals surface area contributed by atoms with Gasteiger partial charge in [0.25, 0.3) is 0 Å². The van der Waals surface area contributed by atoms with Crippen LogP contribution < -0.4 is 0 Å². The van der Waals surface area contributed by atoms with Crippen molar-refractivity contribution in [3.8, 4) is 0 Å². The van der Waals surface area contributed by atoms with Crippen LogP contribution in [-0.4, -0.2) is 9.38 Å². The first-order valence-corrected chi connectivity index (χ1v) is 7.02. The Morgan fingerprint density at radius 2 is 1.89 bits per heavy atom. The van der Waals surface area contributed by atoms with Crippen LogP contribution in [-0.2, 0) is 3.79 Å². The summed E-state index contributed by atoms with van der Waals surface area (Å²) in [6.07, 6.45) is 1.86. The Hall–Kier alpha value is -0.480. The van der Waals surface area contributed by atoms with Gasteiger partial charge in [-0.15, -0.1) is 0 Å². The van der Waals surface area contributed by atoms with Crippen LogP contribution >= 0.6 is 50.7 Å². The highest BCUT2D eigenvalue weighted by Gasteiger charge is 2.25. The fraction of sp³-hybridized carbons (Fsp3) is 0.0833. The highest BCUT2D eigenvalue weighted by Crippen LogP contribution is 2.37. The number of alkyl halides is 3. The molecule has 2 heterocycles. The molecule has 0 saturated carbocycles. The minimum atomic E-state index is -1.50. The molecule has 0 aliphatic carbocycles. The maximum Gasteiger partial charge on any atom is 0.232 e. The van der Waals surface area contributed by atoms with Crippen molar-refractivity contribution < 1.29 is 0 Å². The van der Waals surface area contributed by atoms with Gasteiger partial charge in [0.1, 0.15) is 5.65 Å². The maximum atomic E-state index is 5.83. The van der Waals surface area contributed by atoms with Crippen LogP contribution in [0.5, 0.6) is 0 Å². The topological polar surface area (TPSA) is 17.3 Å². The largest absolute Gasteiger partial charge is 0.301 e. The van der Waals surface area contributed by atoms with Gasteiger partial charge in [-0.05, 0) is 24.3 Å². The standard InChI is InChI=1S/C12H6BrCl3N2/c13-8-2-1-7-5-11-17-10(12(14,15)16)3-4-18(11)9(7)6-8/h1-6H. The Morgan fingerprint density at radius 3 is 2.61 bits per heavy atom. The molecule has 3 rings (SSSR count). The van der Waals surface area contributed by atoms with Crippen LogP contribution in [0.1, 0.15) is 5.69 Å². The summed E-state index contributed by atoms with van der Waals surface area (Å²) in [7, 11) is 0. The Morgan fingerprint density at radius 1 is 1.11 bits per heavy atom. The molecule has 0 amide bonds. The number of aromatic nitrogens is 2. The van der Waals surface area contributed by atoms with Gasteiger partial charge >= 0.3 is 0 Å². The fourth-order valence-electron chi connectivity index (χ4n) is 1.89. The van der Waals surface area contributed by atoms with Crippen LogP contribution in [0.15, 0.2) is 41.0 Å². The quantitative estimate of drug-likeness (QED) is 0.509. The molecule has 0 atom stereocenters. The third-order valence-corrected chi connectivity index (χ3v) is 3.76. The molecular weight excluding hydrogens is 358 g/mol. The molecule has 3 aromatic rings. The Bertz CT molecular complexity index is 746. The van der Waals surface area contributed by atoms with Gasteiger partial charge in [-0.2, -0.15) is 0 Å². The fourth-order valence-corrected chi connectivity index (χ4v) is 2.55. The average molecular weight is 364 g/mol. The summed E-state index contributed by atoms with van der Waals surface area (Å²) in [6, 6.07) is 9.70. The molecule has 0 saturated heterocycles. The summed E-state index contributed by atoms with van der Waals surface area (Å²) >= 11 is 21.0. The third-order valence-electron chi connectivity index (χ3n) is 2.69. The van der Waals surface area contributed by atoms with Crippen molar-refractivity contribution in [2.45, 2.75) is 3.79 Å². The Balaban J connectivity index is 2.34. The molecule has 0 bridgehead atoms. The van der Waals surface area contributed by atoms with E-state index in [4.69, 9.17) is 34.8 Å². The number of benzene rings is 1. The zero-order valence-corrected chi connectivity index (χ0v) is 12.7. The zero-order chi connectivity index (χ0) is 12.9. The predicted molar refractivity (Wildman–Crippen MR) is 79.6 cm³/mol. The molecule has 0 spiro atoms. The minimum absolute atomic E-state index is 0.418. The monoisotopic (exact) mass is 362 g/mol. The molecule has 2 nitrogen and oxygen atoms in total. The van der Waals surface area contributed by atoms with Crippen molar-refractivity contribution in [1.82, 2.24) is 9.38 Å². The number of hydrogen-bond donors (Lipinski definition) is 0. The van der Waals surface area contributed by atoms with Gasteiger partial charge in [-0.25, -0.2) is 4.98 Å². The van der Waals surface area contributed by atoms with Gasteiger partial charge in [-0.1, -0.05) is 56.8 Å². The highest BCUT2D eigenvalue weighted by molar-refractivity contribution is 9.10. The van der Waals surface area contributed by atoms with Crippen molar-refractivity contribution in [3.63, 3.8) is 0 Å². The average Bonchev–Trinajstić information content (AvgIpc) is 2.65. The first kappa shape index (κ1) is 12.5. The number of hydrogen-bond acceptors (Lipinski definition) is 1. The molecule has 0 aliphatic heterocycles. The lowest BCUT2D eigenvalue weighted by Crippen LogP contribution is -2.04. The van der Waals surface area contributed by atoms with E-state index < -0.39 is 3.79 Å². The lowest BCUT2D eigenvalue weighted by Gasteiger charge is -2.10. The molecule has 18 heavy (non-hydrogen) atoms. The second-order valence-electron chi connectivity index (χ2n) is 3.89. The SMILES string of the molecule is ClC(Cl)(Cl)c1ccn2c(cc3ccc(Br)cc32)n1. The van der Waals surface area contributed by atoms with Gasteiger partial charge in [-0.3, -0.25) is 0 Å². The van der Waals surface area contributed by atoms with Crippen molar-refractivity contribution in [1.29, 1.82) is 0 Å². The second-order valence-corrected chi connectivity index (χ2v) is 7.08. The summed E-state index contributed by atoms with van der Waals surface area (Å²) in [5.41, 5.74) is 2.23. The van der Waals surface area contributed by atoms with Gasteiger partial charge in [0.2, 0.25) is 3.79 Å². The smallest absolute Gasteiger partial charge is 0.232 e. The van der Waals surface area contributed by atoms with Crippen LogP contribution in [0.2, 0.25) is 0 Å². The molecule has 1 aromatic carbocycles. The number of rotatable bonds is 0. The molecule has 0 fully saturated rings. The Labute approximate surface area is 127 Å². The van der Waals surface area contributed by atoms with Crippen molar-refractivity contribution in [3.05, 3.63) is 46.7 Å². The lowest BCUT2D eigenvalue weighted by molar-refractivity contribution is 1.05. The van der Waals surface area contributed by atoms with Crippen LogP contribution in [0, 0.1) is 0 Å². The van der Waals surface area contributed by atoms with Crippen molar-refractivity contribution in [2.24, 2.45) is 0 Å². The van der Waals surface area contributed by atoms with Gasteiger partial charge in [0.15, 0.2) is 0 Å². The first-order valence-electron chi connectivity index (χ1n) is 5.10. The van der Waals surface area contributed by atoms with E-state index in [1.54, 1.807) is 6.07 Å². The molecule has 0 unspecified atom stereocenters. The second kappa shape index (κ2) is 4.27. The van der Waals surface area contributed by atoms with Gasteiger partial charge < -0.3 is 4.40 Å². The molecule has 0 N–H and O–H groups in total. The van der Waals surface area contributed by atoms with Crippen LogP contribution in [0.3, 0.4) is 0 Å². The van der Waals surface area contributed by atoms with Gasteiger partial charge in [0.05, 0.1) is 11.2 Å². The van der Waals surface area contributed by atoms with E-state index in [0.717, 1.165) is 21.0 Å². The van der Waals surface area contributed by atoms with Crippen molar-refractivity contribution in [2.75, 3.05) is 0 Å². The maximum absolute atomic E-state index is 5.83. The molecule has 0 aliphatic rings. The summed E-state index contributed by atoms with van der Waals surface area (Å²) in [4.78, 5) is 4.37. The highest BCUT2D eigenvalue weighted by atomic mass is 79.9. The lowest BCUT2D eigenvalue weighted by atomic mass is 10.2. The van der Waals surface area contributed by atoms with E-state index in [0.29, 0.717) is 5.69 Å². The number of nitrogens with zero attached hydrogens (tertiary/aromatic N) is 2. The number of fused-ring (bicyclic) bond motifs is 3. The van der Waals surface area contributed by atoms with E-state index >= 15 is 0 Å². The molecule has 0 radical (unpaired) electrons. The van der Waals surface area contributed by atoms with E-state index in [9.17, 15) is 0 Å². The minimum Gasteiger partial charge on any atom is -0.301 e. The third kappa shape index (κ3) is 2.10. The molecule has 6 heteroatoms. The van der Waals surface area contributed by atoms with Gasteiger partial charge in [0, 0.05) is 16.1 Å². The molecule has 92 valence electrons. The van der Waals surface area contributed by atoms with E-state index in [1.807, 2.05) is 34.9 Å². The molecular formula is C12H6BrCl3N2. The summed E-state index contributed by atoms with van der Waals surface area (Å²) in [5.74, 6) is 0. The zero-order valence-electron chi connectivity index (χ0n) is 8.87. The van der Waals surface area contributed by atoms with E-state index in [-0.39, 0.29) is 0 Å².